The Kier molecular flexibility index (Phi) is 9.41. The number of hydrogen-bond donors (Lipinski definition) is 1. The molecule has 4 nitrogen and oxygen atoms in total. The number of nitriles is 1. The van der Waals surface area contributed by atoms with E-state index in [2.05, 4.69) is 123 Å². The van der Waals surface area contributed by atoms with E-state index in [0.717, 1.165) is 27.5 Å². The number of rotatable bonds is 11. The van der Waals surface area contributed by atoms with Crippen molar-refractivity contribution in [3.8, 4) is 37.4 Å². The van der Waals surface area contributed by atoms with Crippen LogP contribution < -0.4 is 4.90 Å². The summed E-state index contributed by atoms with van der Waals surface area (Å²) < 4.78 is 0. The Balaban J connectivity index is 1.13. The van der Waals surface area contributed by atoms with Crippen LogP contribution >= 0.6 is 22.7 Å². The van der Waals surface area contributed by atoms with E-state index in [-0.39, 0.29) is 17.0 Å². The van der Waals surface area contributed by atoms with Gasteiger partial charge in [0.1, 0.15) is 11.6 Å². The van der Waals surface area contributed by atoms with Gasteiger partial charge in [-0.05, 0) is 118 Å². The second kappa shape index (κ2) is 14.3. The summed E-state index contributed by atoms with van der Waals surface area (Å²) in [7, 11) is 0. The van der Waals surface area contributed by atoms with Gasteiger partial charge in [-0.1, -0.05) is 101 Å². The Bertz CT molecular complexity index is 2410. The molecule has 1 aliphatic carbocycles. The maximum atomic E-state index is 11.3. The molecule has 0 amide bonds. The third-order valence-corrected chi connectivity index (χ3v) is 13.4. The predicted octanol–water partition coefficient (Wildman–Crippen LogP) is 13.0. The highest BCUT2D eigenvalue weighted by Gasteiger charge is 2.38. The highest BCUT2D eigenvalue weighted by molar-refractivity contribution is 7.24. The number of anilines is 2. The minimum absolute atomic E-state index is 0.0754. The number of unbranched alkanes of at least 4 members (excludes halogenated alkanes) is 3. The van der Waals surface area contributed by atoms with Crippen LogP contribution in [-0.4, -0.2) is 11.1 Å². The third kappa shape index (κ3) is 6.54. The van der Waals surface area contributed by atoms with Crippen molar-refractivity contribution in [2.45, 2.75) is 70.8 Å². The summed E-state index contributed by atoms with van der Waals surface area (Å²) in [5.41, 5.74) is 12.9. The maximum absolute atomic E-state index is 11.3. The van der Waals surface area contributed by atoms with Crippen molar-refractivity contribution >= 4 is 46.1 Å². The number of carboxylic acid groups (broad SMARTS) is 1. The highest BCUT2D eigenvalue weighted by Crippen LogP contribution is 2.53. The molecule has 6 aromatic rings. The van der Waals surface area contributed by atoms with Gasteiger partial charge in [0.05, 0.1) is 6.04 Å². The average Bonchev–Trinajstić information content (AvgIpc) is 3.97. The quantitative estimate of drug-likeness (QED) is 0.0819. The summed E-state index contributed by atoms with van der Waals surface area (Å²) in [4.78, 5) is 18.0. The number of thiophene rings is 2. The molecule has 4 aromatic carbocycles. The van der Waals surface area contributed by atoms with Gasteiger partial charge in [0.15, 0.2) is 0 Å². The van der Waals surface area contributed by atoms with Crippen molar-refractivity contribution in [1.29, 1.82) is 5.26 Å². The highest BCUT2D eigenvalue weighted by atomic mass is 32.1. The van der Waals surface area contributed by atoms with E-state index in [1.165, 1.54) is 104 Å². The van der Waals surface area contributed by atoms with Crippen LogP contribution in [0.25, 0.3) is 37.4 Å². The predicted molar refractivity (Wildman–Crippen MR) is 221 cm³/mol. The minimum atomic E-state index is -1.21. The first kappa shape index (κ1) is 34.8. The molecule has 8 rings (SSSR count). The molecule has 2 aromatic heterocycles. The number of aliphatic carboxylic acids is 1. The van der Waals surface area contributed by atoms with E-state index in [1.807, 2.05) is 12.1 Å². The van der Waals surface area contributed by atoms with Gasteiger partial charge >= 0.3 is 5.97 Å². The lowest BCUT2D eigenvalue weighted by Gasteiger charge is -2.30. The lowest BCUT2D eigenvalue weighted by Crippen LogP contribution is -2.21. The van der Waals surface area contributed by atoms with E-state index in [9.17, 15) is 15.2 Å². The van der Waals surface area contributed by atoms with Gasteiger partial charge in [-0.2, -0.15) is 5.26 Å². The summed E-state index contributed by atoms with van der Waals surface area (Å²) in [5.74, 6) is -1.21. The molecule has 0 radical (unpaired) electrons. The topological polar surface area (TPSA) is 64.3 Å². The Morgan fingerprint density at radius 1 is 0.849 bits per heavy atom. The van der Waals surface area contributed by atoms with Crippen LogP contribution in [0.5, 0.6) is 0 Å². The van der Waals surface area contributed by atoms with Crippen LogP contribution in [0.1, 0.15) is 85.2 Å². The molecule has 2 aliphatic rings. The first-order chi connectivity index (χ1) is 25.7. The lowest BCUT2D eigenvalue weighted by atomic mass is 9.82. The number of benzene rings is 4. The molecule has 264 valence electrons. The zero-order chi connectivity index (χ0) is 36.7. The molecule has 1 aliphatic heterocycles. The van der Waals surface area contributed by atoms with Gasteiger partial charge in [0.2, 0.25) is 0 Å². The van der Waals surface area contributed by atoms with Gasteiger partial charge in [0, 0.05) is 36.3 Å². The number of aryl methyl sites for hydroxylation is 1. The summed E-state index contributed by atoms with van der Waals surface area (Å²) in [6, 6.07) is 42.4. The molecule has 3 heterocycles. The van der Waals surface area contributed by atoms with Crippen molar-refractivity contribution in [3.05, 3.63) is 147 Å². The summed E-state index contributed by atoms with van der Waals surface area (Å²) in [5, 5.41) is 18.5. The monoisotopic (exact) mass is 730 g/mol. The van der Waals surface area contributed by atoms with Crippen LogP contribution in [0, 0.1) is 11.3 Å². The van der Waals surface area contributed by atoms with E-state index in [1.54, 1.807) is 17.4 Å². The Labute approximate surface area is 320 Å². The molecular weight excluding hydrogens is 689 g/mol. The van der Waals surface area contributed by atoms with Crippen molar-refractivity contribution in [3.63, 3.8) is 0 Å². The molecular formula is C47H42N2O2S2. The summed E-state index contributed by atoms with van der Waals surface area (Å²) >= 11 is 3.23. The Hall–Kier alpha value is -5.22. The van der Waals surface area contributed by atoms with Gasteiger partial charge in [0.25, 0.3) is 0 Å². The molecule has 0 saturated heterocycles. The van der Waals surface area contributed by atoms with Crippen molar-refractivity contribution in [2.24, 2.45) is 0 Å². The fourth-order valence-corrected chi connectivity index (χ4v) is 10.2. The van der Waals surface area contributed by atoms with Crippen LogP contribution in [-0.2, 0) is 23.1 Å². The molecule has 0 bridgehead atoms. The van der Waals surface area contributed by atoms with Gasteiger partial charge in [-0.25, -0.2) is 4.79 Å². The average molecular weight is 731 g/mol. The van der Waals surface area contributed by atoms with Crippen molar-refractivity contribution in [1.82, 2.24) is 0 Å². The molecule has 53 heavy (non-hydrogen) atoms. The fraction of sp³-hybridized carbons (Fsp3) is 0.234. The van der Waals surface area contributed by atoms with Crippen LogP contribution in [0.2, 0.25) is 0 Å². The Morgan fingerprint density at radius 3 is 2.40 bits per heavy atom. The largest absolute Gasteiger partial charge is 0.477 e. The van der Waals surface area contributed by atoms with Crippen molar-refractivity contribution in [2.75, 3.05) is 4.90 Å². The van der Waals surface area contributed by atoms with E-state index in [0.29, 0.717) is 0 Å². The van der Waals surface area contributed by atoms with E-state index < -0.39 is 5.97 Å². The second-order valence-electron chi connectivity index (χ2n) is 14.7. The second-order valence-corrected chi connectivity index (χ2v) is 16.9. The molecule has 1 atom stereocenters. The van der Waals surface area contributed by atoms with E-state index in [4.69, 9.17) is 0 Å². The smallest absolute Gasteiger partial charge is 0.346 e. The maximum Gasteiger partial charge on any atom is 0.346 e. The first-order valence-electron chi connectivity index (χ1n) is 18.6. The first-order valence-corrected chi connectivity index (χ1v) is 20.2. The molecule has 6 heteroatoms. The number of carbonyl (C=O) groups is 1. The molecule has 0 fully saturated rings. The van der Waals surface area contributed by atoms with Gasteiger partial charge < -0.3 is 10.0 Å². The SMILES string of the molecule is CCCCCCc1ccc(C2Cc3cc(-c4ccc(-c5ccc(/C=C(\C#N)C(=O)O)s5)s4)ccc3N2c2ccc3c(c2)C(C)(C)c2ccccc2-3)cc1. The van der Waals surface area contributed by atoms with Gasteiger partial charge in [-0.15, -0.1) is 22.7 Å². The molecule has 0 spiro atoms. The number of hydrogen-bond acceptors (Lipinski definition) is 5. The normalized spacial score (nSPS) is 15.5. The Morgan fingerprint density at radius 2 is 1.60 bits per heavy atom. The summed E-state index contributed by atoms with van der Waals surface area (Å²) in [6.07, 6.45) is 8.58. The van der Waals surface area contributed by atoms with Crippen LogP contribution in [0.3, 0.4) is 0 Å². The lowest BCUT2D eigenvalue weighted by molar-refractivity contribution is -0.132. The van der Waals surface area contributed by atoms with Crippen LogP contribution in [0.15, 0.2) is 115 Å². The standard InChI is InChI=1S/C47H42N2O2S2/c1-4-5-6-7-10-30-13-15-31(16-14-30)42-27-33-25-32(43-23-24-45(53-43)44-22-19-36(52-44)26-34(29-48)46(50)51)17-21-41(33)49(42)35-18-20-38-37-11-8-9-12-39(37)47(2,3)40(38)28-35/h8-9,11-26,28,42H,4-7,10,27H2,1-3H3,(H,50,51)/b34-26+. The van der Waals surface area contributed by atoms with Crippen molar-refractivity contribution < 1.29 is 9.90 Å². The summed E-state index contributed by atoms with van der Waals surface area (Å²) in [6.45, 7) is 6.97. The molecule has 1 N–H and O–H groups in total. The zero-order valence-electron chi connectivity index (χ0n) is 30.4. The number of fused-ring (bicyclic) bond motifs is 4. The molecule has 1 unspecified atom stereocenters. The third-order valence-electron chi connectivity index (χ3n) is 11.0. The zero-order valence-corrected chi connectivity index (χ0v) is 32.0. The van der Waals surface area contributed by atoms with E-state index >= 15 is 0 Å². The fourth-order valence-electron chi connectivity index (χ4n) is 8.17. The molecule has 0 saturated carbocycles. The number of carboxylic acids is 1. The van der Waals surface area contributed by atoms with Gasteiger partial charge in [-0.3, -0.25) is 0 Å². The van der Waals surface area contributed by atoms with Crippen LogP contribution in [0.4, 0.5) is 11.4 Å². The number of nitrogens with zero attached hydrogens (tertiary/aromatic N) is 2. The minimum Gasteiger partial charge on any atom is -0.477 e.